The minimum absolute atomic E-state index is 0.543. The molecule has 0 amide bonds. The van der Waals surface area contributed by atoms with E-state index >= 15 is 0 Å². The van der Waals surface area contributed by atoms with Gasteiger partial charge in [-0.1, -0.05) is 0 Å². The quantitative estimate of drug-likeness (QED) is 0.391. The van der Waals surface area contributed by atoms with Gasteiger partial charge in [-0.25, -0.2) is 0 Å². The highest BCUT2D eigenvalue weighted by molar-refractivity contribution is 6.81. The molecule has 0 radical (unpaired) electrons. The molecule has 13 heavy (non-hydrogen) atoms. The lowest BCUT2D eigenvalue weighted by Gasteiger charge is -2.15. The van der Waals surface area contributed by atoms with Gasteiger partial charge in [0.25, 0.3) is 11.0 Å². The van der Waals surface area contributed by atoms with E-state index < -0.39 is 29.0 Å². The van der Waals surface area contributed by atoms with Crippen LogP contribution in [-0.4, -0.2) is 23.6 Å². The fraction of sp³-hybridized carbons (Fsp3) is 0.625. The molecule has 4 nitrogen and oxygen atoms in total. The lowest BCUT2D eigenvalue weighted by atomic mass is 9.97. The number of halogens is 1. The molecule has 0 atom stereocenters. The number of ketones is 1. The van der Waals surface area contributed by atoms with E-state index in [0.29, 0.717) is 0 Å². The molecule has 0 spiro atoms. The molecule has 5 heteroatoms. The summed E-state index contributed by atoms with van der Waals surface area (Å²) in [5.41, 5.74) is -0.685. The lowest BCUT2D eigenvalue weighted by molar-refractivity contribution is -0.156. The van der Waals surface area contributed by atoms with E-state index in [1.165, 1.54) is 0 Å². The number of hydrogen-bond donors (Lipinski definition) is 0. The molecule has 0 heterocycles. The van der Waals surface area contributed by atoms with Crippen LogP contribution in [0.15, 0.2) is 0 Å². The van der Waals surface area contributed by atoms with E-state index in [1.54, 1.807) is 20.8 Å². The molecular formula is C8H11ClO4. The molecule has 0 aromatic heterocycles. The third-order valence-corrected chi connectivity index (χ3v) is 1.38. The molecular weight excluding hydrogens is 196 g/mol. The number of carbonyl (C=O) groups is 3. The standard InChI is InChI=1S/C8H11ClO4/c1-8(2,3)7(12)13-4-5(10)6(9)11/h4H2,1-3H3. The van der Waals surface area contributed by atoms with Crippen molar-refractivity contribution in [2.45, 2.75) is 20.8 Å². The van der Waals surface area contributed by atoms with Crippen molar-refractivity contribution in [1.29, 1.82) is 0 Å². The van der Waals surface area contributed by atoms with E-state index in [0.717, 1.165) is 0 Å². The molecule has 0 N–H and O–H groups in total. The minimum atomic E-state index is -1.12. The summed E-state index contributed by atoms with van der Waals surface area (Å²) in [5.74, 6) is -1.46. The van der Waals surface area contributed by atoms with Crippen molar-refractivity contribution in [1.82, 2.24) is 0 Å². The zero-order chi connectivity index (χ0) is 10.6. The van der Waals surface area contributed by atoms with Crippen LogP contribution in [0.25, 0.3) is 0 Å². The van der Waals surface area contributed by atoms with Gasteiger partial charge in [-0.05, 0) is 32.4 Å². The molecule has 0 aliphatic carbocycles. The first-order valence-electron chi connectivity index (χ1n) is 3.65. The van der Waals surface area contributed by atoms with Crippen LogP contribution >= 0.6 is 11.6 Å². The molecule has 0 saturated heterocycles. The van der Waals surface area contributed by atoms with Crippen molar-refractivity contribution in [3.05, 3.63) is 0 Å². The monoisotopic (exact) mass is 206 g/mol. The Morgan fingerprint density at radius 1 is 1.23 bits per heavy atom. The lowest BCUT2D eigenvalue weighted by Crippen LogP contribution is -2.27. The van der Waals surface area contributed by atoms with Crippen molar-refractivity contribution < 1.29 is 19.1 Å². The Bertz CT molecular complexity index is 239. The Hall–Kier alpha value is -0.900. The SMILES string of the molecule is CC(C)(C)C(=O)OCC(=O)C(=O)Cl. The summed E-state index contributed by atoms with van der Waals surface area (Å²) in [5, 5.41) is -1.12. The smallest absolute Gasteiger partial charge is 0.311 e. The van der Waals surface area contributed by atoms with Crippen LogP contribution in [0.2, 0.25) is 0 Å². The van der Waals surface area contributed by atoms with Crippen LogP contribution in [0.1, 0.15) is 20.8 Å². The zero-order valence-corrected chi connectivity index (χ0v) is 8.47. The van der Waals surface area contributed by atoms with E-state index in [2.05, 4.69) is 4.74 Å². The van der Waals surface area contributed by atoms with Crippen molar-refractivity contribution in [2.75, 3.05) is 6.61 Å². The molecule has 0 saturated carbocycles. The van der Waals surface area contributed by atoms with Crippen molar-refractivity contribution in [2.24, 2.45) is 5.41 Å². The summed E-state index contributed by atoms with van der Waals surface area (Å²) in [6.07, 6.45) is 0. The highest BCUT2D eigenvalue weighted by atomic mass is 35.5. The number of esters is 1. The normalized spacial score (nSPS) is 10.8. The van der Waals surface area contributed by atoms with E-state index in [9.17, 15) is 14.4 Å². The van der Waals surface area contributed by atoms with Gasteiger partial charge in [0.15, 0.2) is 6.61 Å². The maximum atomic E-state index is 11.1. The molecule has 0 aliphatic rings. The van der Waals surface area contributed by atoms with Gasteiger partial charge < -0.3 is 4.74 Å². The Morgan fingerprint density at radius 2 is 1.69 bits per heavy atom. The van der Waals surface area contributed by atoms with Crippen molar-refractivity contribution in [3.63, 3.8) is 0 Å². The maximum absolute atomic E-state index is 11.1. The summed E-state index contributed by atoms with van der Waals surface area (Å²) in [6, 6.07) is 0. The van der Waals surface area contributed by atoms with Gasteiger partial charge in [0.1, 0.15) is 0 Å². The first kappa shape index (κ1) is 12.1. The summed E-state index contributed by atoms with van der Waals surface area (Å²) in [4.78, 5) is 31.9. The van der Waals surface area contributed by atoms with Crippen molar-refractivity contribution >= 4 is 28.6 Å². The Kier molecular flexibility index (Phi) is 4.07. The third kappa shape index (κ3) is 4.62. The predicted octanol–water partition coefficient (Wildman–Crippen LogP) is 0.910. The number of hydrogen-bond acceptors (Lipinski definition) is 4. The number of Topliss-reactive ketones (excluding diaryl/α,β-unsaturated/α-hetero) is 1. The second-order valence-corrected chi connectivity index (χ2v) is 3.87. The van der Waals surface area contributed by atoms with E-state index in [1.807, 2.05) is 0 Å². The second-order valence-electron chi connectivity index (χ2n) is 3.52. The molecule has 0 fully saturated rings. The highest BCUT2D eigenvalue weighted by Gasteiger charge is 2.24. The average Bonchev–Trinajstić information content (AvgIpc) is 1.97. The van der Waals surface area contributed by atoms with Crippen LogP contribution in [0, 0.1) is 5.41 Å². The van der Waals surface area contributed by atoms with Crippen LogP contribution < -0.4 is 0 Å². The average molecular weight is 207 g/mol. The molecule has 0 aliphatic heterocycles. The van der Waals surface area contributed by atoms with Gasteiger partial charge in [-0.2, -0.15) is 0 Å². The summed E-state index contributed by atoms with van der Waals surface area (Å²) >= 11 is 4.85. The highest BCUT2D eigenvalue weighted by Crippen LogP contribution is 2.14. The van der Waals surface area contributed by atoms with E-state index in [4.69, 9.17) is 11.6 Å². The molecule has 0 aromatic carbocycles. The Morgan fingerprint density at radius 3 is 2.00 bits per heavy atom. The minimum Gasteiger partial charge on any atom is -0.457 e. The molecule has 0 bridgehead atoms. The van der Waals surface area contributed by atoms with Gasteiger partial charge in [0.2, 0.25) is 0 Å². The van der Waals surface area contributed by atoms with Gasteiger partial charge in [0.05, 0.1) is 5.41 Å². The maximum Gasteiger partial charge on any atom is 0.311 e. The summed E-state index contributed by atoms with van der Waals surface area (Å²) < 4.78 is 4.54. The van der Waals surface area contributed by atoms with Crippen LogP contribution in [0.4, 0.5) is 0 Å². The van der Waals surface area contributed by atoms with Crippen LogP contribution in [0.5, 0.6) is 0 Å². The predicted molar refractivity (Wildman–Crippen MR) is 46.3 cm³/mol. The van der Waals surface area contributed by atoms with Gasteiger partial charge in [-0.3, -0.25) is 14.4 Å². The zero-order valence-electron chi connectivity index (χ0n) is 7.72. The molecule has 0 unspecified atom stereocenters. The summed E-state index contributed by atoms with van der Waals surface area (Å²) in [6.45, 7) is 4.34. The second kappa shape index (κ2) is 4.37. The first-order valence-corrected chi connectivity index (χ1v) is 4.03. The molecule has 0 aromatic rings. The van der Waals surface area contributed by atoms with E-state index in [-0.39, 0.29) is 0 Å². The number of carbonyl (C=O) groups excluding carboxylic acids is 3. The van der Waals surface area contributed by atoms with Gasteiger partial charge in [0, 0.05) is 0 Å². The number of rotatable bonds is 3. The molecule has 0 rings (SSSR count). The van der Waals surface area contributed by atoms with Gasteiger partial charge >= 0.3 is 5.97 Å². The van der Waals surface area contributed by atoms with Crippen LogP contribution in [-0.2, 0) is 19.1 Å². The number of ether oxygens (including phenoxy) is 1. The fourth-order valence-electron chi connectivity index (χ4n) is 0.404. The Balaban J connectivity index is 3.99. The topological polar surface area (TPSA) is 60.4 Å². The van der Waals surface area contributed by atoms with Gasteiger partial charge in [-0.15, -0.1) is 0 Å². The molecule has 74 valence electrons. The summed E-state index contributed by atoms with van der Waals surface area (Å²) in [7, 11) is 0. The van der Waals surface area contributed by atoms with Crippen LogP contribution in [0.3, 0.4) is 0 Å². The Labute approximate surface area is 81.2 Å². The fourth-order valence-corrected chi connectivity index (χ4v) is 0.459. The third-order valence-electron chi connectivity index (χ3n) is 1.17. The van der Waals surface area contributed by atoms with Crippen molar-refractivity contribution in [3.8, 4) is 0 Å². The largest absolute Gasteiger partial charge is 0.457 e. The first-order chi connectivity index (χ1) is 5.75.